The van der Waals surface area contributed by atoms with Crippen LogP contribution in [0.15, 0.2) is 30.9 Å². The molecule has 1 fully saturated rings. The Morgan fingerprint density at radius 2 is 2.00 bits per heavy atom. The monoisotopic (exact) mass is 483 g/mol. The molecule has 0 bridgehead atoms. The maximum atomic E-state index is 10.9. The molecule has 0 aliphatic carbocycles. The molecule has 1 aliphatic heterocycles. The molecule has 0 saturated carbocycles. The number of benzene rings is 1. The number of hydrogen-bond donors (Lipinski definition) is 6. The average Bonchev–Trinajstić information content (AvgIpc) is 3.33. The highest BCUT2D eigenvalue weighted by atomic mass is 31.2. The normalized spacial score (nSPS) is 23.2. The Kier molecular flexibility index (Phi) is 6.50. The van der Waals surface area contributed by atoms with Crippen molar-refractivity contribution in [2.45, 2.75) is 31.1 Å². The number of nitrogens with one attached hydrogen (secondary N) is 1. The van der Waals surface area contributed by atoms with Gasteiger partial charge < -0.3 is 39.9 Å². The molecule has 178 valence electrons. The molecule has 0 unspecified atom stereocenters. The molecule has 15 heteroatoms. The van der Waals surface area contributed by atoms with Crippen molar-refractivity contribution in [3.05, 3.63) is 36.4 Å². The summed E-state index contributed by atoms with van der Waals surface area (Å²) >= 11 is 0. The minimum atomic E-state index is -4.77. The minimum absolute atomic E-state index is 0.0197. The molecule has 0 spiro atoms. The fourth-order valence-corrected chi connectivity index (χ4v) is 3.79. The van der Waals surface area contributed by atoms with E-state index in [1.54, 1.807) is 12.1 Å². The van der Waals surface area contributed by atoms with Gasteiger partial charge in [0.1, 0.15) is 24.6 Å². The van der Waals surface area contributed by atoms with Gasteiger partial charge in [-0.2, -0.15) is 0 Å². The second-order valence-corrected chi connectivity index (χ2v) is 8.48. The van der Waals surface area contributed by atoms with E-state index in [4.69, 9.17) is 19.3 Å². The van der Waals surface area contributed by atoms with Gasteiger partial charge in [0, 0.05) is 6.54 Å². The van der Waals surface area contributed by atoms with E-state index in [0.29, 0.717) is 29.3 Å². The molecule has 0 radical (unpaired) electrons. The van der Waals surface area contributed by atoms with Crippen LogP contribution < -0.4 is 10.1 Å². The smallest absolute Gasteiger partial charge is 0.469 e. The summed E-state index contributed by atoms with van der Waals surface area (Å²) in [5.74, 6) is 0.737. The maximum Gasteiger partial charge on any atom is 0.469 e. The van der Waals surface area contributed by atoms with Crippen LogP contribution in [-0.2, 0) is 20.4 Å². The summed E-state index contributed by atoms with van der Waals surface area (Å²) in [5, 5.41) is 33.5. The van der Waals surface area contributed by atoms with Gasteiger partial charge in [-0.05, 0) is 17.7 Å². The van der Waals surface area contributed by atoms with Crippen molar-refractivity contribution in [1.82, 2.24) is 19.5 Å². The number of phosphoric ester groups is 1. The zero-order valence-electron chi connectivity index (χ0n) is 17.2. The zero-order chi connectivity index (χ0) is 23.8. The maximum absolute atomic E-state index is 10.9. The summed E-state index contributed by atoms with van der Waals surface area (Å²) in [7, 11) is -3.32. The summed E-state index contributed by atoms with van der Waals surface area (Å²) in [6.07, 6.45) is -2.56. The molecule has 3 heterocycles. The molecule has 1 aliphatic rings. The van der Waals surface area contributed by atoms with Crippen LogP contribution in [0.4, 0.5) is 5.82 Å². The largest absolute Gasteiger partial charge is 0.504 e. The Morgan fingerprint density at radius 1 is 1.21 bits per heavy atom. The minimum Gasteiger partial charge on any atom is -0.504 e. The van der Waals surface area contributed by atoms with Crippen LogP contribution in [0.25, 0.3) is 11.2 Å². The van der Waals surface area contributed by atoms with Crippen molar-refractivity contribution < 1.29 is 43.7 Å². The lowest BCUT2D eigenvalue weighted by Crippen LogP contribution is -2.33. The van der Waals surface area contributed by atoms with E-state index in [2.05, 4.69) is 24.8 Å². The topological polar surface area (TPSA) is 202 Å². The van der Waals surface area contributed by atoms with Crippen molar-refractivity contribution in [3.63, 3.8) is 0 Å². The Bertz CT molecular complexity index is 1190. The fraction of sp³-hybridized carbons (Fsp3) is 0.389. The van der Waals surface area contributed by atoms with Crippen LogP contribution in [0.2, 0.25) is 0 Å². The van der Waals surface area contributed by atoms with Crippen molar-refractivity contribution in [1.29, 1.82) is 0 Å². The lowest BCUT2D eigenvalue weighted by Gasteiger charge is -2.16. The lowest BCUT2D eigenvalue weighted by molar-refractivity contribution is -0.0504. The zero-order valence-corrected chi connectivity index (χ0v) is 18.1. The number of aromatic hydroxyl groups is 1. The van der Waals surface area contributed by atoms with Gasteiger partial charge in [-0.15, -0.1) is 0 Å². The number of fused-ring (bicyclic) bond motifs is 1. The number of nitrogens with zero attached hydrogens (tertiary/aromatic N) is 4. The number of methoxy groups -OCH3 is 1. The first-order chi connectivity index (χ1) is 15.7. The third-order valence-corrected chi connectivity index (χ3v) is 5.57. The first-order valence-corrected chi connectivity index (χ1v) is 11.2. The number of phosphoric acid groups is 1. The van der Waals surface area contributed by atoms with E-state index in [9.17, 15) is 19.9 Å². The van der Waals surface area contributed by atoms with E-state index in [1.165, 1.54) is 30.4 Å². The molecular formula is C18H22N5O9P. The molecule has 2 aromatic heterocycles. The summed E-state index contributed by atoms with van der Waals surface area (Å²) < 4.78 is 27.4. The highest BCUT2D eigenvalue weighted by Crippen LogP contribution is 2.39. The first-order valence-electron chi connectivity index (χ1n) is 9.67. The predicted octanol–water partition coefficient (Wildman–Crippen LogP) is -0.119. The fourth-order valence-electron chi connectivity index (χ4n) is 3.45. The number of aromatic nitrogens is 4. The molecule has 14 nitrogen and oxygen atoms in total. The van der Waals surface area contributed by atoms with Crippen LogP contribution in [0, 0.1) is 0 Å². The number of anilines is 1. The van der Waals surface area contributed by atoms with Crippen molar-refractivity contribution >= 4 is 24.8 Å². The van der Waals surface area contributed by atoms with Crippen LogP contribution in [-0.4, -0.2) is 76.7 Å². The van der Waals surface area contributed by atoms with Gasteiger partial charge >= 0.3 is 7.82 Å². The number of aliphatic hydroxyl groups is 2. The van der Waals surface area contributed by atoms with Crippen LogP contribution in [0.3, 0.4) is 0 Å². The number of phenols is 1. The second kappa shape index (κ2) is 9.19. The van der Waals surface area contributed by atoms with Gasteiger partial charge in [0.05, 0.1) is 20.0 Å². The lowest BCUT2D eigenvalue weighted by atomic mass is 10.1. The van der Waals surface area contributed by atoms with Gasteiger partial charge in [-0.3, -0.25) is 9.09 Å². The van der Waals surface area contributed by atoms with E-state index in [0.717, 1.165) is 5.56 Å². The summed E-state index contributed by atoms with van der Waals surface area (Å²) in [5.41, 5.74) is 1.47. The summed E-state index contributed by atoms with van der Waals surface area (Å²) in [6, 6.07) is 4.89. The van der Waals surface area contributed by atoms with E-state index in [1.807, 2.05) is 0 Å². The molecule has 33 heavy (non-hydrogen) atoms. The molecular weight excluding hydrogens is 461 g/mol. The van der Waals surface area contributed by atoms with E-state index >= 15 is 0 Å². The predicted molar refractivity (Wildman–Crippen MR) is 111 cm³/mol. The standard InChI is InChI=1S/C18H22N5O9P/c1-30-11-4-9(2-3-10(11)24)5-19-16-13-17(21-7-20-16)23(8-22-13)18-15(26)14(25)12(32-18)6-31-33(27,28)29/h2-4,7-8,12,14-15,18,24-26H,5-6H2,1H3,(H,19,20,21)(H2,27,28,29)/t12-,14-,15-,18-/m1/s1. The van der Waals surface area contributed by atoms with Crippen LogP contribution >= 0.6 is 7.82 Å². The molecule has 1 saturated heterocycles. The number of hydrogen-bond acceptors (Lipinski definition) is 11. The van der Waals surface area contributed by atoms with Crippen LogP contribution in [0.5, 0.6) is 11.5 Å². The Hall–Kier alpha value is -2.84. The molecule has 1 aromatic carbocycles. The highest BCUT2D eigenvalue weighted by Gasteiger charge is 2.45. The number of imidazole rings is 1. The third kappa shape index (κ3) is 4.91. The van der Waals surface area contributed by atoms with Crippen molar-refractivity contribution in [3.8, 4) is 11.5 Å². The number of aliphatic hydroxyl groups excluding tert-OH is 2. The Balaban J connectivity index is 1.53. The molecule has 4 atom stereocenters. The molecule has 6 N–H and O–H groups in total. The second-order valence-electron chi connectivity index (χ2n) is 7.24. The first kappa shape index (κ1) is 23.3. The third-order valence-electron chi connectivity index (χ3n) is 5.08. The van der Waals surface area contributed by atoms with Gasteiger partial charge in [-0.25, -0.2) is 19.5 Å². The number of rotatable bonds is 8. The van der Waals surface area contributed by atoms with E-state index in [-0.39, 0.29) is 5.75 Å². The SMILES string of the molecule is COc1cc(CNc2ncnc3c2ncn3[C@@H]2O[C@H](COP(=O)(O)O)[C@@H](O)[C@H]2O)ccc1O. The van der Waals surface area contributed by atoms with Crippen molar-refractivity contribution in [2.24, 2.45) is 0 Å². The number of ether oxygens (including phenoxy) is 2. The van der Waals surface area contributed by atoms with Crippen LogP contribution in [0.1, 0.15) is 11.8 Å². The average molecular weight is 483 g/mol. The number of phenolic OH excluding ortho intramolecular Hbond substituents is 1. The van der Waals surface area contributed by atoms with Gasteiger partial charge in [0.15, 0.2) is 34.7 Å². The summed E-state index contributed by atoms with van der Waals surface area (Å²) in [4.78, 5) is 30.4. The Morgan fingerprint density at radius 3 is 2.73 bits per heavy atom. The molecule has 3 aromatic rings. The van der Waals surface area contributed by atoms with E-state index < -0.39 is 39.0 Å². The van der Waals surface area contributed by atoms with Crippen molar-refractivity contribution in [2.75, 3.05) is 19.0 Å². The Labute approximate surface area is 186 Å². The quantitative estimate of drug-likeness (QED) is 0.232. The van der Waals surface area contributed by atoms with Gasteiger partial charge in [-0.1, -0.05) is 6.07 Å². The molecule has 0 amide bonds. The summed E-state index contributed by atoms with van der Waals surface area (Å²) in [6.45, 7) is -0.289. The highest BCUT2D eigenvalue weighted by molar-refractivity contribution is 7.46. The molecule has 4 rings (SSSR count). The van der Waals surface area contributed by atoms with Gasteiger partial charge in [0.25, 0.3) is 0 Å². The van der Waals surface area contributed by atoms with Gasteiger partial charge in [0.2, 0.25) is 0 Å².